The molecule has 2 saturated heterocycles. The largest absolute Gasteiger partial charge is 0.325 e. The fraction of sp³-hybridized carbons (Fsp3) is 0.933. The van der Waals surface area contributed by atoms with Crippen molar-refractivity contribution in [2.24, 2.45) is 17.8 Å². The summed E-state index contributed by atoms with van der Waals surface area (Å²) >= 11 is 0. The second kappa shape index (κ2) is 5.10. The Labute approximate surface area is 111 Å². The lowest BCUT2D eigenvalue weighted by atomic mass is 10.0. The number of rotatable bonds is 1. The van der Waals surface area contributed by atoms with Gasteiger partial charge in [-0.2, -0.15) is 0 Å². The summed E-state index contributed by atoms with van der Waals surface area (Å²) in [4.78, 5) is 16.7. The number of piperidine rings is 1. The third-order valence-electron chi connectivity index (χ3n) is 5.32. The van der Waals surface area contributed by atoms with Gasteiger partial charge in [0, 0.05) is 26.2 Å². The van der Waals surface area contributed by atoms with Crippen LogP contribution in [0.25, 0.3) is 0 Å². The molecule has 1 aliphatic carbocycles. The van der Waals surface area contributed by atoms with Crippen LogP contribution in [0.2, 0.25) is 0 Å². The van der Waals surface area contributed by atoms with Crippen molar-refractivity contribution in [1.29, 1.82) is 0 Å². The Morgan fingerprint density at radius 2 is 1.61 bits per heavy atom. The maximum atomic E-state index is 12.4. The average molecular weight is 250 g/mol. The Balaban J connectivity index is 1.55. The van der Waals surface area contributed by atoms with Gasteiger partial charge in [-0.15, -0.1) is 0 Å². The highest BCUT2D eigenvalue weighted by Crippen LogP contribution is 2.42. The molecule has 0 aromatic heterocycles. The van der Waals surface area contributed by atoms with Crippen LogP contribution >= 0.6 is 0 Å². The van der Waals surface area contributed by atoms with Crippen LogP contribution in [0.3, 0.4) is 0 Å². The van der Waals surface area contributed by atoms with Crippen LogP contribution in [-0.2, 0) is 0 Å². The van der Waals surface area contributed by atoms with E-state index in [4.69, 9.17) is 0 Å². The summed E-state index contributed by atoms with van der Waals surface area (Å²) in [5.74, 6) is 2.56. The number of urea groups is 1. The predicted molar refractivity (Wildman–Crippen MR) is 72.4 cm³/mol. The molecule has 3 atom stereocenters. The van der Waals surface area contributed by atoms with E-state index in [2.05, 4.69) is 16.7 Å². The van der Waals surface area contributed by atoms with Crippen molar-refractivity contribution in [3.8, 4) is 0 Å². The summed E-state index contributed by atoms with van der Waals surface area (Å²) in [6.07, 6.45) is 7.75. The highest BCUT2D eigenvalue weighted by atomic mass is 16.2. The zero-order valence-corrected chi connectivity index (χ0v) is 11.6. The van der Waals surface area contributed by atoms with Gasteiger partial charge in [-0.3, -0.25) is 0 Å². The first-order valence-corrected chi connectivity index (χ1v) is 7.81. The first-order chi connectivity index (χ1) is 8.78. The van der Waals surface area contributed by atoms with Crippen LogP contribution < -0.4 is 0 Å². The number of likely N-dealkylation sites (tertiary alicyclic amines) is 2. The van der Waals surface area contributed by atoms with Crippen molar-refractivity contribution in [3.63, 3.8) is 0 Å². The van der Waals surface area contributed by atoms with Crippen LogP contribution in [0, 0.1) is 17.8 Å². The van der Waals surface area contributed by atoms with Crippen molar-refractivity contribution < 1.29 is 4.79 Å². The molecule has 0 aromatic carbocycles. The Bertz CT molecular complexity index is 298. The Hall–Kier alpha value is -0.730. The average Bonchev–Trinajstić information content (AvgIpc) is 2.96. The van der Waals surface area contributed by atoms with Crippen LogP contribution in [0.5, 0.6) is 0 Å². The molecular formula is C15H26N2O. The molecule has 3 rings (SSSR count). The van der Waals surface area contributed by atoms with Gasteiger partial charge in [0.15, 0.2) is 0 Å². The molecule has 1 saturated carbocycles. The second-order valence-electron chi connectivity index (χ2n) is 6.50. The van der Waals surface area contributed by atoms with Crippen molar-refractivity contribution in [2.45, 2.75) is 45.4 Å². The molecule has 0 spiro atoms. The number of carbonyl (C=O) groups excluding carboxylic acids is 1. The minimum absolute atomic E-state index is 0.331. The summed E-state index contributed by atoms with van der Waals surface area (Å²) in [7, 11) is 0. The summed E-state index contributed by atoms with van der Waals surface area (Å²) in [5, 5.41) is 0. The fourth-order valence-electron chi connectivity index (χ4n) is 4.20. The number of hydrogen-bond acceptors (Lipinski definition) is 1. The van der Waals surface area contributed by atoms with E-state index in [0.717, 1.165) is 43.9 Å². The highest BCUT2D eigenvalue weighted by Gasteiger charge is 2.42. The van der Waals surface area contributed by atoms with Crippen molar-refractivity contribution in [3.05, 3.63) is 0 Å². The third kappa shape index (κ3) is 2.24. The minimum atomic E-state index is 0.331. The molecule has 2 amide bonds. The maximum Gasteiger partial charge on any atom is 0.320 e. The lowest BCUT2D eigenvalue weighted by Crippen LogP contribution is -2.44. The molecule has 3 aliphatic rings. The minimum Gasteiger partial charge on any atom is -0.325 e. The van der Waals surface area contributed by atoms with Crippen LogP contribution in [0.15, 0.2) is 0 Å². The van der Waals surface area contributed by atoms with Gasteiger partial charge in [0.25, 0.3) is 0 Å². The number of nitrogens with zero attached hydrogens (tertiary/aromatic N) is 2. The molecule has 0 aromatic rings. The third-order valence-corrected chi connectivity index (χ3v) is 5.32. The molecule has 18 heavy (non-hydrogen) atoms. The first-order valence-electron chi connectivity index (χ1n) is 7.81. The smallest absolute Gasteiger partial charge is 0.320 e. The molecule has 0 radical (unpaired) electrons. The van der Waals surface area contributed by atoms with E-state index in [0.29, 0.717) is 6.03 Å². The normalized spacial score (nSPS) is 35.9. The van der Waals surface area contributed by atoms with E-state index in [-0.39, 0.29) is 0 Å². The molecule has 2 aliphatic heterocycles. The second-order valence-corrected chi connectivity index (χ2v) is 6.50. The van der Waals surface area contributed by atoms with Gasteiger partial charge >= 0.3 is 6.03 Å². The molecule has 0 bridgehead atoms. The van der Waals surface area contributed by atoms with Crippen molar-refractivity contribution in [2.75, 3.05) is 26.2 Å². The molecule has 3 nitrogen and oxygen atoms in total. The van der Waals surface area contributed by atoms with E-state index in [1.807, 2.05) is 0 Å². The Kier molecular flexibility index (Phi) is 3.49. The Morgan fingerprint density at radius 3 is 2.17 bits per heavy atom. The highest BCUT2D eigenvalue weighted by molar-refractivity contribution is 5.75. The zero-order valence-electron chi connectivity index (χ0n) is 11.6. The quantitative estimate of drug-likeness (QED) is 0.702. The molecular weight excluding hydrogens is 224 g/mol. The number of amides is 2. The van der Waals surface area contributed by atoms with Crippen molar-refractivity contribution >= 4 is 6.03 Å². The van der Waals surface area contributed by atoms with Crippen LogP contribution in [0.4, 0.5) is 4.79 Å². The zero-order chi connectivity index (χ0) is 12.5. The first kappa shape index (κ1) is 12.3. The van der Waals surface area contributed by atoms with E-state index in [1.165, 1.54) is 38.5 Å². The summed E-state index contributed by atoms with van der Waals surface area (Å²) in [5.41, 5.74) is 0. The molecule has 3 fully saturated rings. The lowest BCUT2D eigenvalue weighted by molar-refractivity contribution is 0.148. The van der Waals surface area contributed by atoms with Gasteiger partial charge in [-0.25, -0.2) is 4.79 Å². The monoisotopic (exact) mass is 250 g/mol. The van der Waals surface area contributed by atoms with Gasteiger partial charge in [-0.1, -0.05) is 13.3 Å². The maximum absolute atomic E-state index is 12.4. The van der Waals surface area contributed by atoms with Gasteiger partial charge in [0.05, 0.1) is 0 Å². The van der Waals surface area contributed by atoms with Crippen molar-refractivity contribution in [1.82, 2.24) is 9.80 Å². The Morgan fingerprint density at radius 1 is 1.00 bits per heavy atom. The number of hydrogen-bond donors (Lipinski definition) is 0. The summed E-state index contributed by atoms with van der Waals surface area (Å²) in [6.45, 7) is 6.36. The van der Waals surface area contributed by atoms with E-state index < -0.39 is 0 Å². The van der Waals surface area contributed by atoms with Gasteiger partial charge in [-0.05, 0) is 49.9 Å². The van der Waals surface area contributed by atoms with E-state index in [9.17, 15) is 4.79 Å². The van der Waals surface area contributed by atoms with E-state index in [1.54, 1.807) is 0 Å². The molecule has 102 valence electrons. The predicted octanol–water partition coefficient (Wildman–Crippen LogP) is 2.96. The molecule has 1 unspecified atom stereocenters. The van der Waals surface area contributed by atoms with Crippen LogP contribution in [0.1, 0.15) is 45.4 Å². The molecule has 2 heterocycles. The fourth-order valence-corrected chi connectivity index (χ4v) is 4.20. The van der Waals surface area contributed by atoms with Gasteiger partial charge < -0.3 is 9.80 Å². The van der Waals surface area contributed by atoms with Gasteiger partial charge in [0.1, 0.15) is 0 Å². The van der Waals surface area contributed by atoms with E-state index >= 15 is 0 Å². The standard InChI is InChI=1S/C15H26N2O/c1-2-12-8-13-10-17(11-14(13)9-12)15(18)16-6-4-3-5-7-16/h12-14H,2-11H2,1H3/t12?,13-,14+. The lowest BCUT2D eigenvalue weighted by Gasteiger charge is -2.31. The summed E-state index contributed by atoms with van der Waals surface area (Å²) in [6, 6.07) is 0.331. The van der Waals surface area contributed by atoms with Gasteiger partial charge in [0.2, 0.25) is 0 Å². The SMILES string of the molecule is CCC1C[C@@H]2CN(C(=O)N3CCCCC3)C[C@@H]2C1. The van der Waals surface area contributed by atoms with Crippen LogP contribution in [-0.4, -0.2) is 42.0 Å². The number of fused-ring (bicyclic) bond motifs is 1. The molecule has 3 heteroatoms. The molecule has 0 N–H and O–H groups in total. The summed E-state index contributed by atoms with van der Waals surface area (Å²) < 4.78 is 0. The topological polar surface area (TPSA) is 23.6 Å². The number of carbonyl (C=O) groups is 1.